The highest BCUT2D eigenvalue weighted by atomic mass is 32.2. The lowest BCUT2D eigenvalue weighted by molar-refractivity contribution is 1.43. The quantitative estimate of drug-likeness (QED) is 0.467. The number of benzene rings is 1. The molecular weight excluding hydrogens is 142 g/mol. The number of aliphatic imine (C=N–C) groups is 1. The summed E-state index contributed by atoms with van der Waals surface area (Å²) in [6.45, 7) is 3.43. The van der Waals surface area contributed by atoms with Crippen LogP contribution in [0.1, 0.15) is 0 Å². The first-order chi connectivity index (χ1) is 4.86. The Kier molecular flexibility index (Phi) is 2.51. The first kappa shape index (κ1) is 7.35. The minimum Gasteiger partial charge on any atom is -0.265 e. The van der Waals surface area contributed by atoms with E-state index in [1.165, 1.54) is 4.90 Å². The van der Waals surface area contributed by atoms with Crippen LogP contribution in [-0.4, -0.2) is 13.0 Å². The van der Waals surface area contributed by atoms with E-state index in [1.54, 1.807) is 11.8 Å². The zero-order valence-corrected chi connectivity index (χ0v) is 6.69. The van der Waals surface area contributed by atoms with Crippen LogP contribution in [0.4, 0.5) is 5.69 Å². The van der Waals surface area contributed by atoms with Crippen molar-refractivity contribution in [1.29, 1.82) is 0 Å². The topological polar surface area (TPSA) is 12.4 Å². The maximum Gasteiger partial charge on any atom is 0.0623 e. The van der Waals surface area contributed by atoms with Crippen LogP contribution >= 0.6 is 11.8 Å². The fourth-order valence-corrected chi connectivity index (χ4v) is 1.10. The Bertz CT molecular complexity index is 215. The molecular formula is C8H9NS. The lowest BCUT2D eigenvalue weighted by Crippen LogP contribution is -1.66. The van der Waals surface area contributed by atoms with Gasteiger partial charge >= 0.3 is 0 Å². The highest BCUT2D eigenvalue weighted by molar-refractivity contribution is 7.98. The molecule has 0 saturated heterocycles. The molecule has 1 aromatic carbocycles. The van der Waals surface area contributed by atoms with Crippen LogP contribution in [0, 0.1) is 0 Å². The van der Waals surface area contributed by atoms with Crippen LogP contribution in [0.3, 0.4) is 0 Å². The summed E-state index contributed by atoms with van der Waals surface area (Å²) in [6.07, 6.45) is 2.05. The standard InChI is InChI=1S/C8H9NS/c1-9-7-3-5-8(10-2)6-4-7/h3-6H,1H2,2H3. The van der Waals surface area contributed by atoms with Crippen LogP contribution in [-0.2, 0) is 0 Å². The third kappa shape index (κ3) is 1.61. The molecule has 0 radical (unpaired) electrons. The molecule has 0 aliphatic rings. The molecule has 0 saturated carbocycles. The second-order valence-electron chi connectivity index (χ2n) is 1.86. The Hall–Kier alpha value is -0.760. The Labute approximate surface area is 65.2 Å². The molecule has 0 aromatic heterocycles. The molecule has 0 fully saturated rings. The average molecular weight is 151 g/mol. The summed E-state index contributed by atoms with van der Waals surface area (Å²) >= 11 is 1.73. The molecule has 1 aromatic rings. The second-order valence-corrected chi connectivity index (χ2v) is 2.74. The zero-order valence-electron chi connectivity index (χ0n) is 5.87. The zero-order chi connectivity index (χ0) is 7.40. The highest BCUT2D eigenvalue weighted by Gasteiger charge is 1.87. The van der Waals surface area contributed by atoms with E-state index >= 15 is 0 Å². The largest absolute Gasteiger partial charge is 0.265 e. The summed E-state index contributed by atoms with van der Waals surface area (Å²) in [5.41, 5.74) is 0.929. The number of rotatable bonds is 2. The van der Waals surface area contributed by atoms with Gasteiger partial charge in [0.15, 0.2) is 0 Å². The number of thioether (sulfide) groups is 1. The van der Waals surface area contributed by atoms with E-state index in [9.17, 15) is 0 Å². The van der Waals surface area contributed by atoms with Crippen LogP contribution in [0.2, 0.25) is 0 Å². The average Bonchev–Trinajstić information content (AvgIpc) is 2.05. The van der Waals surface area contributed by atoms with Crippen molar-refractivity contribution < 1.29 is 0 Å². The minimum absolute atomic E-state index is 0.929. The van der Waals surface area contributed by atoms with Crippen LogP contribution in [0.5, 0.6) is 0 Å². The Morgan fingerprint density at radius 3 is 2.30 bits per heavy atom. The van der Waals surface area contributed by atoms with Gasteiger partial charge in [-0.1, -0.05) is 0 Å². The first-order valence-corrected chi connectivity index (χ1v) is 4.20. The molecule has 0 N–H and O–H groups in total. The Balaban J connectivity index is 2.90. The smallest absolute Gasteiger partial charge is 0.0623 e. The Morgan fingerprint density at radius 1 is 1.30 bits per heavy atom. The fourth-order valence-electron chi connectivity index (χ4n) is 0.688. The van der Waals surface area contributed by atoms with Crippen molar-refractivity contribution in [2.24, 2.45) is 4.99 Å². The summed E-state index contributed by atoms with van der Waals surface area (Å²) in [7, 11) is 0. The van der Waals surface area contributed by atoms with Gasteiger partial charge in [-0.3, -0.25) is 4.99 Å². The van der Waals surface area contributed by atoms with Crippen molar-refractivity contribution in [1.82, 2.24) is 0 Å². The summed E-state index contributed by atoms with van der Waals surface area (Å²) in [6, 6.07) is 7.99. The monoisotopic (exact) mass is 151 g/mol. The van der Waals surface area contributed by atoms with E-state index < -0.39 is 0 Å². The maximum atomic E-state index is 3.79. The normalized spacial score (nSPS) is 9.30. The van der Waals surface area contributed by atoms with Crippen molar-refractivity contribution in [2.75, 3.05) is 6.26 Å². The van der Waals surface area contributed by atoms with Gasteiger partial charge in [0.25, 0.3) is 0 Å². The molecule has 0 aliphatic carbocycles. The van der Waals surface area contributed by atoms with Crippen molar-refractivity contribution in [2.45, 2.75) is 4.90 Å². The molecule has 1 nitrogen and oxygen atoms in total. The van der Waals surface area contributed by atoms with E-state index in [-0.39, 0.29) is 0 Å². The van der Waals surface area contributed by atoms with Crippen LogP contribution in [0.15, 0.2) is 34.2 Å². The summed E-state index contributed by atoms with van der Waals surface area (Å²) < 4.78 is 0. The van der Waals surface area contributed by atoms with E-state index in [1.807, 2.05) is 24.3 Å². The number of hydrogen-bond donors (Lipinski definition) is 0. The molecule has 10 heavy (non-hydrogen) atoms. The van der Waals surface area contributed by atoms with Crippen molar-refractivity contribution >= 4 is 24.2 Å². The molecule has 0 atom stereocenters. The number of nitrogens with zero attached hydrogens (tertiary/aromatic N) is 1. The van der Waals surface area contributed by atoms with Crippen molar-refractivity contribution in [3.05, 3.63) is 24.3 Å². The molecule has 2 heteroatoms. The molecule has 1 rings (SSSR count). The number of hydrogen-bond acceptors (Lipinski definition) is 2. The summed E-state index contributed by atoms with van der Waals surface area (Å²) in [5.74, 6) is 0. The van der Waals surface area contributed by atoms with Crippen molar-refractivity contribution in [3.8, 4) is 0 Å². The minimum atomic E-state index is 0.929. The van der Waals surface area contributed by atoms with E-state index in [0.29, 0.717) is 0 Å². The van der Waals surface area contributed by atoms with Gasteiger partial charge in [0.2, 0.25) is 0 Å². The lowest BCUT2D eigenvalue weighted by Gasteiger charge is -1.94. The first-order valence-electron chi connectivity index (χ1n) is 2.97. The van der Waals surface area contributed by atoms with Crippen molar-refractivity contribution in [3.63, 3.8) is 0 Å². The van der Waals surface area contributed by atoms with Gasteiger partial charge in [0.05, 0.1) is 5.69 Å². The second kappa shape index (κ2) is 3.42. The van der Waals surface area contributed by atoms with Gasteiger partial charge in [-0.05, 0) is 37.2 Å². The molecule has 0 unspecified atom stereocenters. The van der Waals surface area contributed by atoms with E-state index in [4.69, 9.17) is 0 Å². The van der Waals surface area contributed by atoms with Gasteiger partial charge < -0.3 is 0 Å². The molecule has 0 spiro atoms. The predicted octanol–water partition coefficient (Wildman–Crippen LogP) is 2.74. The molecule has 0 amide bonds. The van der Waals surface area contributed by atoms with Crippen LogP contribution in [0.25, 0.3) is 0 Å². The summed E-state index contributed by atoms with van der Waals surface area (Å²) in [5, 5.41) is 0. The van der Waals surface area contributed by atoms with Crippen LogP contribution < -0.4 is 0 Å². The molecule has 0 aliphatic heterocycles. The van der Waals surface area contributed by atoms with Gasteiger partial charge in [-0.25, -0.2) is 0 Å². The van der Waals surface area contributed by atoms with Gasteiger partial charge in [-0.15, -0.1) is 11.8 Å². The fraction of sp³-hybridized carbons (Fsp3) is 0.125. The van der Waals surface area contributed by atoms with E-state index in [2.05, 4.69) is 18.0 Å². The Morgan fingerprint density at radius 2 is 1.90 bits per heavy atom. The lowest BCUT2D eigenvalue weighted by atomic mass is 10.3. The summed E-state index contributed by atoms with van der Waals surface area (Å²) in [4.78, 5) is 5.04. The molecule has 0 bridgehead atoms. The van der Waals surface area contributed by atoms with Gasteiger partial charge in [0.1, 0.15) is 0 Å². The van der Waals surface area contributed by atoms with E-state index in [0.717, 1.165) is 5.69 Å². The van der Waals surface area contributed by atoms with Gasteiger partial charge in [0, 0.05) is 4.90 Å². The maximum absolute atomic E-state index is 3.79. The SMILES string of the molecule is C=Nc1ccc(SC)cc1. The molecule has 52 valence electrons. The third-order valence-electron chi connectivity index (χ3n) is 1.25. The highest BCUT2D eigenvalue weighted by Crippen LogP contribution is 2.18. The third-order valence-corrected chi connectivity index (χ3v) is 2.00. The molecule has 0 heterocycles. The predicted molar refractivity (Wildman–Crippen MR) is 47.4 cm³/mol. The van der Waals surface area contributed by atoms with Gasteiger partial charge in [-0.2, -0.15) is 0 Å².